The lowest BCUT2D eigenvalue weighted by Gasteiger charge is -2.09. The zero-order valence-electron chi connectivity index (χ0n) is 12.0. The number of nitrogens with one attached hydrogen (secondary N) is 1. The molecule has 0 aliphatic rings. The zero-order chi connectivity index (χ0) is 14.8. The van der Waals surface area contributed by atoms with Gasteiger partial charge >= 0.3 is 0 Å². The van der Waals surface area contributed by atoms with Crippen LogP contribution < -0.4 is 10.1 Å². The standard InChI is InChI=1S/C15H22BrNO3/c1-12(2)11-19-9-7-15(18)17-8-10-20-14-5-3-13(16)4-6-14/h3-6,12H,7-11H2,1-2H3,(H,17,18). The van der Waals surface area contributed by atoms with Crippen molar-refractivity contribution in [1.29, 1.82) is 0 Å². The number of halogens is 1. The smallest absolute Gasteiger partial charge is 0.222 e. The topological polar surface area (TPSA) is 47.6 Å². The predicted octanol–water partition coefficient (Wildman–Crippen LogP) is 3.01. The highest BCUT2D eigenvalue weighted by Crippen LogP contribution is 2.15. The van der Waals surface area contributed by atoms with Crippen LogP contribution in [0, 0.1) is 5.92 Å². The molecule has 0 saturated carbocycles. The lowest BCUT2D eigenvalue weighted by atomic mass is 10.2. The molecule has 112 valence electrons. The van der Waals surface area contributed by atoms with Crippen LogP contribution in [0.3, 0.4) is 0 Å². The summed E-state index contributed by atoms with van der Waals surface area (Å²) in [6.07, 6.45) is 0.394. The first kappa shape index (κ1) is 17.0. The summed E-state index contributed by atoms with van der Waals surface area (Å²) in [5.74, 6) is 1.29. The number of benzene rings is 1. The monoisotopic (exact) mass is 343 g/mol. The summed E-state index contributed by atoms with van der Waals surface area (Å²) in [6, 6.07) is 7.59. The molecule has 1 aromatic rings. The molecule has 5 heteroatoms. The highest BCUT2D eigenvalue weighted by Gasteiger charge is 2.01. The Labute approximate surface area is 129 Å². The highest BCUT2D eigenvalue weighted by molar-refractivity contribution is 9.10. The molecule has 0 bridgehead atoms. The number of ether oxygens (including phenoxy) is 2. The van der Waals surface area contributed by atoms with E-state index in [0.29, 0.717) is 38.7 Å². The molecule has 0 aromatic heterocycles. The van der Waals surface area contributed by atoms with Crippen molar-refractivity contribution in [2.24, 2.45) is 5.92 Å². The molecule has 0 atom stereocenters. The largest absolute Gasteiger partial charge is 0.492 e. The van der Waals surface area contributed by atoms with Crippen LogP contribution in [0.1, 0.15) is 20.3 Å². The van der Waals surface area contributed by atoms with E-state index in [2.05, 4.69) is 35.1 Å². The highest BCUT2D eigenvalue weighted by atomic mass is 79.9. The summed E-state index contributed by atoms with van der Waals surface area (Å²) >= 11 is 3.36. The van der Waals surface area contributed by atoms with Crippen LogP contribution in [0.2, 0.25) is 0 Å². The molecule has 0 unspecified atom stereocenters. The van der Waals surface area contributed by atoms with Crippen molar-refractivity contribution in [3.63, 3.8) is 0 Å². The maximum Gasteiger partial charge on any atom is 0.222 e. The minimum Gasteiger partial charge on any atom is -0.492 e. The Morgan fingerprint density at radius 1 is 1.25 bits per heavy atom. The maximum atomic E-state index is 11.5. The first-order valence-corrected chi connectivity index (χ1v) is 7.60. The number of carbonyl (C=O) groups excluding carboxylic acids is 1. The van der Waals surface area contributed by atoms with E-state index in [1.165, 1.54) is 0 Å². The van der Waals surface area contributed by atoms with Gasteiger partial charge in [0, 0.05) is 17.5 Å². The third-order valence-corrected chi connectivity index (χ3v) is 2.96. The molecule has 20 heavy (non-hydrogen) atoms. The van der Waals surface area contributed by atoms with E-state index in [1.807, 2.05) is 24.3 Å². The van der Waals surface area contributed by atoms with Crippen LogP contribution in [0.4, 0.5) is 0 Å². The van der Waals surface area contributed by atoms with Gasteiger partial charge in [-0.25, -0.2) is 0 Å². The predicted molar refractivity (Wildman–Crippen MR) is 82.9 cm³/mol. The second kappa shape index (κ2) is 9.77. The third-order valence-electron chi connectivity index (χ3n) is 2.43. The van der Waals surface area contributed by atoms with Gasteiger partial charge in [0.25, 0.3) is 0 Å². The second-order valence-corrected chi connectivity index (χ2v) is 5.79. The van der Waals surface area contributed by atoms with Crippen LogP contribution >= 0.6 is 15.9 Å². The Bertz CT molecular complexity index is 393. The third kappa shape index (κ3) is 8.17. The molecule has 0 heterocycles. The molecule has 0 spiro atoms. The number of amides is 1. The molecule has 1 rings (SSSR count). The van der Waals surface area contributed by atoms with Gasteiger partial charge in [0.05, 0.1) is 13.2 Å². The Kier molecular flexibility index (Phi) is 8.30. The van der Waals surface area contributed by atoms with Gasteiger partial charge in [-0.3, -0.25) is 4.79 Å². The van der Waals surface area contributed by atoms with Crippen molar-refractivity contribution in [3.8, 4) is 5.75 Å². The van der Waals surface area contributed by atoms with E-state index >= 15 is 0 Å². The summed E-state index contributed by atoms with van der Waals surface area (Å²) in [5, 5.41) is 2.80. The minimum atomic E-state index is -0.00633. The SMILES string of the molecule is CC(C)COCCC(=O)NCCOc1ccc(Br)cc1. The Morgan fingerprint density at radius 2 is 1.95 bits per heavy atom. The molecule has 1 aromatic carbocycles. The lowest BCUT2D eigenvalue weighted by molar-refractivity contribution is -0.122. The molecule has 0 aliphatic carbocycles. The van der Waals surface area contributed by atoms with Crippen molar-refractivity contribution < 1.29 is 14.3 Å². The normalized spacial score (nSPS) is 10.6. The van der Waals surface area contributed by atoms with Crippen LogP contribution in [0.25, 0.3) is 0 Å². The van der Waals surface area contributed by atoms with Crippen molar-refractivity contribution in [2.45, 2.75) is 20.3 Å². The Morgan fingerprint density at radius 3 is 2.60 bits per heavy atom. The summed E-state index contributed by atoms with van der Waals surface area (Å²) in [4.78, 5) is 11.5. The first-order valence-electron chi connectivity index (χ1n) is 6.80. The summed E-state index contributed by atoms with van der Waals surface area (Å²) in [5.41, 5.74) is 0. The molecular weight excluding hydrogens is 322 g/mol. The average Bonchev–Trinajstić information content (AvgIpc) is 2.41. The van der Waals surface area contributed by atoms with E-state index in [0.717, 1.165) is 10.2 Å². The summed E-state index contributed by atoms with van der Waals surface area (Å²) < 4.78 is 11.9. The fraction of sp³-hybridized carbons (Fsp3) is 0.533. The van der Waals surface area contributed by atoms with Crippen molar-refractivity contribution >= 4 is 21.8 Å². The zero-order valence-corrected chi connectivity index (χ0v) is 13.6. The summed E-state index contributed by atoms with van der Waals surface area (Å²) in [6.45, 7) is 6.29. The average molecular weight is 344 g/mol. The molecule has 0 fully saturated rings. The molecule has 0 radical (unpaired) electrons. The number of hydrogen-bond acceptors (Lipinski definition) is 3. The Hall–Kier alpha value is -1.07. The number of hydrogen-bond donors (Lipinski definition) is 1. The van der Waals surface area contributed by atoms with Crippen LogP contribution in [0.15, 0.2) is 28.7 Å². The number of rotatable bonds is 9. The van der Waals surface area contributed by atoms with E-state index in [4.69, 9.17) is 9.47 Å². The van der Waals surface area contributed by atoms with Crippen molar-refractivity contribution in [1.82, 2.24) is 5.32 Å². The summed E-state index contributed by atoms with van der Waals surface area (Å²) in [7, 11) is 0. The van der Waals surface area contributed by atoms with Crippen molar-refractivity contribution in [3.05, 3.63) is 28.7 Å². The first-order chi connectivity index (χ1) is 9.58. The lowest BCUT2D eigenvalue weighted by Crippen LogP contribution is -2.28. The maximum absolute atomic E-state index is 11.5. The molecular formula is C15H22BrNO3. The quantitative estimate of drug-likeness (QED) is 0.701. The van der Waals surface area contributed by atoms with E-state index < -0.39 is 0 Å². The van der Waals surface area contributed by atoms with Gasteiger partial charge in [-0.2, -0.15) is 0 Å². The van der Waals surface area contributed by atoms with E-state index in [9.17, 15) is 4.79 Å². The van der Waals surface area contributed by atoms with Gasteiger partial charge in [0.1, 0.15) is 12.4 Å². The van der Waals surface area contributed by atoms with Gasteiger partial charge in [-0.1, -0.05) is 29.8 Å². The number of carbonyl (C=O) groups is 1. The molecule has 0 aliphatic heterocycles. The van der Waals surface area contributed by atoms with Crippen LogP contribution in [0.5, 0.6) is 5.75 Å². The van der Waals surface area contributed by atoms with E-state index in [-0.39, 0.29) is 5.91 Å². The van der Waals surface area contributed by atoms with Gasteiger partial charge in [-0.05, 0) is 30.2 Å². The molecule has 4 nitrogen and oxygen atoms in total. The molecule has 1 N–H and O–H groups in total. The second-order valence-electron chi connectivity index (χ2n) is 4.87. The van der Waals surface area contributed by atoms with Crippen LogP contribution in [-0.4, -0.2) is 32.3 Å². The van der Waals surface area contributed by atoms with Crippen molar-refractivity contribution in [2.75, 3.05) is 26.4 Å². The molecule has 0 saturated heterocycles. The van der Waals surface area contributed by atoms with Gasteiger partial charge in [0.15, 0.2) is 0 Å². The molecule has 1 amide bonds. The van der Waals surface area contributed by atoms with Gasteiger partial charge in [-0.15, -0.1) is 0 Å². The Balaban J connectivity index is 2.03. The van der Waals surface area contributed by atoms with Gasteiger partial charge < -0.3 is 14.8 Å². The van der Waals surface area contributed by atoms with E-state index in [1.54, 1.807) is 0 Å². The van der Waals surface area contributed by atoms with Crippen LogP contribution in [-0.2, 0) is 9.53 Å². The fourth-order valence-corrected chi connectivity index (χ4v) is 1.73. The minimum absolute atomic E-state index is 0.00633. The fourth-order valence-electron chi connectivity index (χ4n) is 1.46. The van der Waals surface area contributed by atoms with Gasteiger partial charge in [0.2, 0.25) is 5.91 Å².